The largest absolute Gasteiger partial charge is 0.357 e. The molecule has 26 heavy (non-hydrogen) atoms. The number of aromatic nitrogens is 1. The monoisotopic (exact) mass is 392 g/mol. The summed E-state index contributed by atoms with van der Waals surface area (Å²) in [5, 5.41) is 5.90. The predicted octanol–water partition coefficient (Wildman–Crippen LogP) is 3.36. The van der Waals surface area contributed by atoms with Crippen molar-refractivity contribution >= 4 is 46.5 Å². The van der Waals surface area contributed by atoms with Crippen LogP contribution in [0.3, 0.4) is 0 Å². The Morgan fingerprint density at radius 1 is 1.08 bits per heavy atom. The van der Waals surface area contributed by atoms with Crippen LogP contribution in [0.4, 0.5) is 11.5 Å². The molecule has 1 aromatic heterocycles. The Balaban J connectivity index is 1.50. The van der Waals surface area contributed by atoms with Gasteiger partial charge in [-0.3, -0.25) is 9.59 Å². The highest BCUT2D eigenvalue weighted by Gasteiger charge is 2.14. The molecule has 1 aliphatic rings. The number of carbonyl (C=O) groups excluding carboxylic acids is 2. The molecule has 1 fully saturated rings. The molecule has 0 spiro atoms. The van der Waals surface area contributed by atoms with Crippen LogP contribution in [-0.4, -0.2) is 36.4 Å². The fourth-order valence-corrected chi connectivity index (χ4v) is 3.00. The first-order valence-electron chi connectivity index (χ1n) is 8.27. The lowest BCUT2D eigenvalue weighted by Gasteiger charge is -2.16. The van der Waals surface area contributed by atoms with Crippen LogP contribution in [0.2, 0.25) is 10.0 Å². The van der Waals surface area contributed by atoms with Gasteiger partial charge in [-0.15, -0.1) is 0 Å². The van der Waals surface area contributed by atoms with Crippen molar-refractivity contribution in [1.82, 2.24) is 10.3 Å². The maximum atomic E-state index is 12.0. The normalized spacial score (nSPS) is 13.5. The molecule has 0 atom stereocenters. The van der Waals surface area contributed by atoms with E-state index >= 15 is 0 Å². The molecule has 0 radical (unpaired) electrons. The lowest BCUT2D eigenvalue weighted by atomic mass is 10.2. The second kappa shape index (κ2) is 8.38. The quantitative estimate of drug-likeness (QED) is 0.817. The summed E-state index contributed by atoms with van der Waals surface area (Å²) < 4.78 is 0. The van der Waals surface area contributed by atoms with Crippen molar-refractivity contribution in [3.05, 3.63) is 52.1 Å². The summed E-state index contributed by atoms with van der Waals surface area (Å²) in [5.74, 6) is 0.170. The molecule has 136 valence electrons. The van der Waals surface area contributed by atoms with Gasteiger partial charge in [0.05, 0.1) is 28.5 Å². The van der Waals surface area contributed by atoms with E-state index in [9.17, 15) is 9.59 Å². The van der Waals surface area contributed by atoms with E-state index in [1.807, 2.05) is 6.07 Å². The fourth-order valence-electron chi connectivity index (χ4n) is 2.70. The molecule has 1 aromatic carbocycles. The van der Waals surface area contributed by atoms with Gasteiger partial charge in [-0.05, 0) is 43.2 Å². The number of halogens is 2. The van der Waals surface area contributed by atoms with Crippen LogP contribution in [0.1, 0.15) is 23.2 Å². The highest BCUT2D eigenvalue weighted by molar-refractivity contribution is 6.42. The molecule has 6 nitrogen and oxygen atoms in total. The van der Waals surface area contributed by atoms with Crippen molar-refractivity contribution in [3.63, 3.8) is 0 Å². The first-order chi connectivity index (χ1) is 12.5. The Hall–Kier alpha value is -2.31. The zero-order valence-electron chi connectivity index (χ0n) is 14.0. The Bertz CT molecular complexity index is 805. The van der Waals surface area contributed by atoms with Gasteiger partial charge in [-0.2, -0.15) is 0 Å². The number of hydrogen-bond donors (Lipinski definition) is 2. The number of hydrogen-bond acceptors (Lipinski definition) is 4. The van der Waals surface area contributed by atoms with Gasteiger partial charge in [0.2, 0.25) is 5.91 Å². The van der Waals surface area contributed by atoms with Gasteiger partial charge in [0.15, 0.2) is 0 Å². The fraction of sp³-hybridized carbons (Fsp3) is 0.278. The number of rotatable bonds is 5. The minimum absolute atomic E-state index is 0.160. The van der Waals surface area contributed by atoms with Gasteiger partial charge < -0.3 is 15.5 Å². The third kappa shape index (κ3) is 4.65. The van der Waals surface area contributed by atoms with Crippen molar-refractivity contribution < 1.29 is 9.59 Å². The van der Waals surface area contributed by atoms with E-state index in [0.717, 1.165) is 18.9 Å². The number of anilines is 2. The minimum atomic E-state index is -0.402. The van der Waals surface area contributed by atoms with E-state index in [4.69, 9.17) is 23.2 Å². The van der Waals surface area contributed by atoms with Gasteiger partial charge in [0.1, 0.15) is 5.82 Å². The van der Waals surface area contributed by atoms with Crippen LogP contribution in [0.25, 0.3) is 0 Å². The molecular weight excluding hydrogens is 375 g/mol. The van der Waals surface area contributed by atoms with Crippen LogP contribution >= 0.6 is 23.2 Å². The van der Waals surface area contributed by atoms with Crippen molar-refractivity contribution in [3.8, 4) is 0 Å². The number of amides is 2. The number of nitrogens with one attached hydrogen (secondary N) is 2. The molecule has 2 amide bonds. The molecule has 2 heterocycles. The molecule has 0 unspecified atom stereocenters. The van der Waals surface area contributed by atoms with E-state index in [1.54, 1.807) is 18.3 Å². The van der Waals surface area contributed by atoms with E-state index in [2.05, 4.69) is 20.5 Å². The lowest BCUT2D eigenvalue weighted by Crippen LogP contribution is -2.32. The molecule has 1 aliphatic heterocycles. The molecule has 1 saturated heterocycles. The third-order valence-corrected chi connectivity index (χ3v) is 4.79. The van der Waals surface area contributed by atoms with Crippen molar-refractivity contribution in [1.29, 1.82) is 0 Å². The maximum Gasteiger partial charge on any atom is 0.251 e. The van der Waals surface area contributed by atoms with Crippen molar-refractivity contribution in [2.24, 2.45) is 0 Å². The number of carbonyl (C=O) groups is 2. The van der Waals surface area contributed by atoms with Crippen LogP contribution in [0.5, 0.6) is 0 Å². The summed E-state index contributed by atoms with van der Waals surface area (Å²) in [7, 11) is 0. The first kappa shape index (κ1) is 18.5. The second-order valence-electron chi connectivity index (χ2n) is 5.96. The molecular formula is C18H18Cl2N4O2. The molecule has 2 N–H and O–H groups in total. The SMILES string of the molecule is O=C(CNC(=O)c1ccc(Cl)c(Cl)c1)Nc1ccc(N2CCCC2)nc1. The summed E-state index contributed by atoms with van der Waals surface area (Å²) in [4.78, 5) is 30.6. The minimum Gasteiger partial charge on any atom is -0.357 e. The van der Waals surface area contributed by atoms with Crippen molar-refractivity contribution in [2.45, 2.75) is 12.8 Å². The highest BCUT2D eigenvalue weighted by atomic mass is 35.5. The highest BCUT2D eigenvalue weighted by Crippen LogP contribution is 2.22. The summed E-state index contributed by atoms with van der Waals surface area (Å²) in [5.41, 5.74) is 0.922. The molecule has 0 saturated carbocycles. The van der Waals surface area contributed by atoms with Crippen LogP contribution in [0, 0.1) is 0 Å². The van der Waals surface area contributed by atoms with Gasteiger partial charge in [0.25, 0.3) is 5.91 Å². The average Bonchev–Trinajstić information content (AvgIpc) is 3.17. The van der Waals surface area contributed by atoms with Crippen LogP contribution < -0.4 is 15.5 Å². The number of nitrogens with zero attached hydrogens (tertiary/aromatic N) is 2. The Morgan fingerprint density at radius 2 is 1.85 bits per heavy atom. The Morgan fingerprint density at radius 3 is 2.50 bits per heavy atom. The van der Waals surface area contributed by atoms with Gasteiger partial charge >= 0.3 is 0 Å². The first-order valence-corrected chi connectivity index (χ1v) is 9.02. The summed E-state index contributed by atoms with van der Waals surface area (Å²) in [6.45, 7) is 1.87. The summed E-state index contributed by atoms with van der Waals surface area (Å²) in [6, 6.07) is 8.22. The van der Waals surface area contributed by atoms with E-state index < -0.39 is 5.91 Å². The Labute approximate surface area is 161 Å². The van der Waals surface area contributed by atoms with Crippen LogP contribution in [0.15, 0.2) is 36.5 Å². The van der Waals surface area contributed by atoms with E-state index in [0.29, 0.717) is 16.3 Å². The second-order valence-corrected chi connectivity index (χ2v) is 6.77. The molecule has 0 bridgehead atoms. The zero-order valence-corrected chi connectivity index (χ0v) is 15.5. The maximum absolute atomic E-state index is 12.0. The molecule has 0 aliphatic carbocycles. The van der Waals surface area contributed by atoms with E-state index in [-0.39, 0.29) is 17.5 Å². The zero-order chi connectivity index (χ0) is 18.5. The number of benzene rings is 1. The van der Waals surface area contributed by atoms with Crippen molar-refractivity contribution in [2.75, 3.05) is 29.9 Å². The van der Waals surface area contributed by atoms with E-state index in [1.165, 1.54) is 25.0 Å². The summed E-state index contributed by atoms with van der Waals surface area (Å²) >= 11 is 11.7. The lowest BCUT2D eigenvalue weighted by molar-refractivity contribution is -0.115. The molecule has 2 aromatic rings. The predicted molar refractivity (Wildman–Crippen MR) is 103 cm³/mol. The Kier molecular flexibility index (Phi) is 5.96. The standard InChI is InChI=1S/C18H18Cl2N4O2/c19-14-5-3-12(9-15(14)20)18(26)22-11-17(25)23-13-4-6-16(21-10-13)24-7-1-2-8-24/h3-6,9-10H,1-2,7-8,11H2,(H,22,26)(H,23,25). The van der Waals surface area contributed by atoms with Gasteiger partial charge in [0, 0.05) is 18.7 Å². The number of pyridine rings is 1. The van der Waals surface area contributed by atoms with Gasteiger partial charge in [-0.25, -0.2) is 4.98 Å². The molecule has 8 heteroatoms. The summed E-state index contributed by atoms with van der Waals surface area (Å²) in [6.07, 6.45) is 3.98. The average molecular weight is 393 g/mol. The third-order valence-electron chi connectivity index (χ3n) is 4.05. The van der Waals surface area contributed by atoms with Crippen LogP contribution in [-0.2, 0) is 4.79 Å². The molecule has 3 rings (SSSR count). The smallest absolute Gasteiger partial charge is 0.251 e. The van der Waals surface area contributed by atoms with Gasteiger partial charge in [-0.1, -0.05) is 23.2 Å². The topological polar surface area (TPSA) is 74.3 Å².